The second-order valence-electron chi connectivity index (χ2n) is 13.9. The van der Waals surface area contributed by atoms with E-state index in [4.69, 9.17) is 0 Å². The van der Waals surface area contributed by atoms with Crippen molar-refractivity contribution in [3.05, 3.63) is 214 Å². The Morgan fingerprint density at radius 2 is 0.611 bits per heavy atom. The predicted octanol–water partition coefficient (Wildman–Crippen LogP) is 14.7. The molecule has 54 heavy (non-hydrogen) atoms. The molecular formula is C52H48N2. The zero-order valence-electron chi connectivity index (χ0n) is 31.8. The molecule has 0 aliphatic carbocycles. The van der Waals surface area contributed by atoms with Crippen molar-refractivity contribution in [3.63, 3.8) is 0 Å². The molecular weight excluding hydrogens is 653 g/mol. The van der Waals surface area contributed by atoms with E-state index < -0.39 is 0 Å². The fraction of sp³-hybridized carbons (Fsp3) is 0.115. The van der Waals surface area contributed by atoms with Gasteiger partial charge in [-0.15, -0.1) is 0 Å². The van der Waals surface area contributed by atoms with E-state index in [2.05, 4.69) is 232 Å². The first kappa shape index (κ1) is 36.0. The molecule has 0 atom stereocenters. The van der Waals surface area contributed by atoms with Crippen LogP contribution in [0.15, 0.2) is 170 Å². The zero-order valence-corrected chi connectivity index (χ0v) is 31.8. The van der Waals surface area contributed by atoms with E-state index >= 15 is 0 Å². The number of hydrogen-bond acceptors (Lipinski definition) is 2. The highest BCUT2D eigenvalue weighted by Gasteiger charge is 2.14. The average Bonchev–Trinajstić information content (AvgIpc) is 3.22. The molecule has 0 aliphatic heterocycles. The molecule has 7 aromatic rings. The van der Waals surface area contributed by atoms with Gasteiger partial charge in [-0.05, 0) is 139 Å². The van der Waals surface area contributed by atoms with Crippen LogP contribution in [0.3, 0.4) is 0 Å². The highest BCUT2D eigenvalue weighted by atomic mass is 15.1. The minimum Gasteiger partial charge on any atom is -0.311 e. The third-order valence-electron chi connectivity index (χ3n) is 9.94. The summed E-state index contributed by atoms with van der Waals surface area (Å²) in [5, 5.41) is 0. The van der Waals surface area contributed by atoms with E-state index in [-0.39, 0.29) is 0 Å². The van der Waals surface area contributed by atoms with Crippen molar-refractivity contribution in [2.45, 2.75) is 40.5 Å². The Morgan fingerprint density at radius 3 is 0.926 bits per heavy atom. The molecule has 0 heterocycles. The Kier molecular flexibility index (Phi) is 11.3. The normalized spacial score (nSPS) is 11.3. The number of aryl methyl sites for hydroxylation is 4. The van der Waals surface area contributed by atoms with Gasteiger partial charge < -0.3 is 9.80 Å². The lowest BCUT2D eigenvalue weighted by Crippen LogP contribution is -2.09. The summed E-state index contributed by atoms with van der Waals surface area (Å²) in [6, 6.07) is 61.5. The summed E-state index contributed by atoms with van der Waals surface area (Å²) in [6.07, 6.45) is 10.8. The quantitative estimate of drug-likeness (QED) is 0.117. The lowest BCUT2D eigenvalue weighted by Gasteiger charge is -2.26. The van der Waals surface area contributed by atoms with Gasteiger partial charge in [0.2, 0.25) is 0 Å². The first-order chi connectivity index (χ1) is 26.4. The molecule has 0 unspecified atom stereocenters. The minimum absolute atomic E-state index is 1.03. The van der Waals surface area contributed by atoms with Crippen molar-refractivity contribution in [3.8, 4) is 0 Å². The van der Waals surface area contributed by atoms with Crippen LogP contribution in [0.4, 0.5) is 34.1 Å². The van der Waals surface area contributed by atoms with Crippen molar-refractivity contribution < 1.29 is 0 Å². The van der Waals surface area contributed by atoms with E-state index in [1.165, 1.54) is 22.3 Å². The van der Waals surface area contributed by atoms with E-state index in [0.29, 0.717) is 0 Å². The Labute approximate surface area is 322 Å². The maximum atomic E-state index is 2.32. The maximum absolute atomic E-state index is 2.32. The summed E-state index contributed by atoms with van der Waals surface area (Å²) < 4.78 is 0. The summed E-state index contributed by atoms with van der Waals surface area (Å²) in [5.41, 5.74) is 16.7. The van der Waals surface area contributed by atoms with Gasteiger partial charge in [0, 0.05) is 34.1 Å². The number of hydrogen-bond donors (Lipinski definition) is 0. The third kappa shape index (κ3) is 8.80. The molecule has 0 aliphatic rings. The molecule has 0 radical (unpaired) electrons. The van der Waals surface area contributed by atoms with Gasteiger partial charge in [0.05, 0.1) is 0 Å². The fourth-order valence-corrected chi connectivity index (χ4v) is 6.66. The second-order valence-corrected chi connectivity index (χ2v) is 13.9. The van der Waals surface area contributed by atoms with E-state index in [0.717, 1.165) is 69.2 Å². The Morgan fingerprint density at radius 1 is 0.333 bits per heavy atom. The average molecular weight is 701 g/mol. The fourth-order valence-electron chi connectivity index (χ4n) is 6.66. The summed E-state index contributed by atoms with van der Waals surface area (Å²) in [5.74, 6) is 0. The van der Waals surface area contributed by atoms with Gasteiger partial charge in [-0.3, -0.25) is 0 Å². The lowest BCUT2D eigenvalue weighted by molar-refractivity contribution is 1.14. The first-order valence-electron chi connectivity index (χ1n) is 19.0. The standard InChI is InChI=1S/C52H48N2/c1-5-41-18-30-49(31-19-41)53(47-26-10-39(3)11-27-47)51-34-22-43(23-35-51)14-16-45-8-7-9-46(38-45)17-15-44-24-36-52(37-25-44)54(48-28-12-40(4)13-29-48)50-32-20-42(6-2)21-33-50/h7-38H,5-6H2,1-4H3. The van der Waals surface area contributed by atoms with Crippen molar-refractivity contribution in [1.29, 1.82) is 0 Å². The smallest absolute Gasteiger partial charge is 0.0462 e. The van der Waals surface area contributed by atoms with Crippen LogP contribution in [0, 0.1) is 13.8 Å². The summed E-state index contributed by atoms with van der Waals surface area (Å²) in [6.45, 7) is 8.65. The highest BCUT2D eigenvalue weighted by Crippen LogP contribution is 2.36. The van der Waals surface area contributed by atoms with Crippen molar-refractivity contribution in [2.24, 2.45) is 0 Å². The largest absolute Gasteiger partial charge is 0.311 e. The summed E-state index contributed by atoms with van der Waals surface area (Å²) >= 11 is 0. The SMILES string of the molecule is CCc1ccc(N(c2ccc(C)cc2)c2ccc(C=Cc3cccc(C=Cc4ccc(N(c5ccc(C)cc5)c5ccc(CC)cc5)cc4)c3)cc2)cc1. The number of nitrogens with zero attached hydrogens (tertiary/aromatic N) is 2. The molecule has 2 heteroatoms. The van der Waals surface area contributed by atoms with Crippen LogP contribution in [0.25, 0.3) is 24.3 Å². The molecule has 0 saturated carbocycles. The van der Waals surface area contributed by atoms with Gasteiger partial charge >= 0.3 is 0 Å². The van der Waals surface area contributed by atoms with E-state index in [1.54, 1.807) is 0 Å². The van der Waals surface area contributed by atoms with Crippen LogP contribution >= 0.6 is 0 Å². The van der Waals surface area contributed by atoms with Crippen LogP contribution < -0.4 is 9.80 Å². The van der Waals surface area contributed by atoms with Crippen molar-refractivity contribution >= 4 is 58.4 Å². The van der Waals surface area contributed by atoms with Crippen LogP contribution in [0.2, 0.25) is 0 Å². The van der Waals surface area contributed by atoms with Gasteiger partial charge in [0.15, 0.2) is 0 Å². The molecule has 0 aromatic heterocycles. The Balaban J connectivity index is 1.05. The van der Waals surface area contributed by atoms with Crippen molar-refractivity contribution in [2.75, 3.05) is 9.80 Å². The number of rotatable bonds is 12. The lowest BCUT2D eigenvalue weighted by atomic mass is 10.1. The molecule has 0 fully saturated rings. The minimum atomic E-state index is 1.03. The van der Waals surface area contributed by atoms with Gasteiger partial charge in [0.1, 0.15) is 0 Å². The molecule has 0 amide bonds. The molecule has 0 bridgehead atoms. The Hall–Kier alpha value is -6.38. The van der Waals surface area contributed by atoms with Gasteiger partial charge in [-0.1, -0.05) is 140 Å². The van der Waals surface area contributed by atoms with E-state index in [9.17, 15) is 0 Å². The van der Waals surface area contributed by atoms with Gasteiger partial charge in [-0.2, -0.15) is 0 Å². The number of anilines is 6. The number of benzene rings is 7. The summed E-state index contributed by atoms with van der Waals surface area (Å²) in [7, 11) is 0. The Bertz CT molecular complexity index is 2150. The van der Waals surface area contributed by atoms with Crippen LogP contribution in [-0.4, -0.2) is 0 Å². The van der Waals surface area contributed by atoms with Crippen LogP contribution in [0.5, 0.6) is 0 Å². The molecule has 2 nitrogen and oxygen atoms in total. The van der Waals surface area contributed by atoms with Gasteiger partial charge in [-0.25, -0.2) is 0 Å². The molecule has 0 N–H and O–H groups in total. The molecule has 0 saturated heterocycles. The molecule has 266 valence electrons. The third-order valence-corrected chi connectivity index (χ3v) is 9.94. The highest BCUT2D eigenvalue weighted by molar-refractivity contribution is 5.80. The van der Waals surface area contributed by atoms with E-state index in [1.807, 2.05) is 0 Å². The topological polar surface area (TPSA) is 6.48 Å². The molecule has 7 rings (SSSR count). The van der Waals surface area contributed by atoms with Crippen LogP contribution in [0.1, 0.15) is 58.4 Å². The van der Waals surface area contributed by atoms with Gasteiger partial charge in [0.25, 0.3) is 0 Å². The van der Waals surface area contributed by atoms with Crippen molar-refractivity contribution in [1.82, 2.24) is 0 Å². The second kappa shape index (κ2) is 17.0. The summed E-state index contributed by atoms with van der Waals surface area (Å²) in [4.78, 5) is 4.64. The first-order valence-corrected chi connectivity index (χ1v) is 19.0. The monoisotopic (exact) mass is 700 g/mol. The zero-order chi connectivity index (χ0) is 37.3. The molecule has 7 aromatic carbocycles. The van der Waals surface area contributed by atoms with Crippen LogP contribution in [-0.2, 0) is 12.8 Å². The predicted molar refractivity (Wildman–Crippen MR) is 235 cm³/mol. The maximum Gasteiger partial charge on any atom is 0.0462 e. The molecule has 0 spiro atoms.